The quantitative estimate of drug-likeness (QED) is 0.138. The molecule has 1 aromatic heterocycles. The lowest BCUT2D eigenvalue weighted by Gasteiger charge is -2.33. The number of nitrogens with zero attached hydrogens (tertiary/aromatic N) is 2. The first kappa shape index (κ1) is 52.6. The van der Waals surface area contributed by atoms with Crippen molar-refractivity contribution in [3.8, 4) is 50.2 Å². The Balaban J connectivity index is 1.07. The van der Waals surface area contributed by atoms with Crippen LogP contribution in [0.25, 0.3) is 104 Å². The van der Waals surface area contributed by atoms with Crippen molar-refractivity contribution >= 4 is 71.2 Å². The first-order valence-corrected chi connectivity index (χ1v) is 29.4. The number of aromatic nitrogens is 1. The summed E-state index contributed by atoms with van der Waals surface area (Å²) in [4.78, 5) is 2.58. The molecule has 0 atom stereocenters. The maximum Gasteiger partial charge on any atom is 0.0543 e. The molecule has 0 spiro atoms. The normalized spacial score (nSPS) is 12.6. The van der Waals surface area contributed by atoms with Gasteiger partial charge < -0.3 is 9.47 Å². The Morgan fingerprint density at radius 2 is 0.732 bits per heavy atom. The van der Waals surface area contributed by atoms with Crippen LogP contribution in [0.15, 0.2) is 231 Å². The zero-order valence-corrected chi connectivity index (χ0v) is 49.8. The first-order valence-electron chi connectivity index (χ1n) is 29.4. The van der Waals surface area contributed by atoms with E-state index in [4.69, 9.17) is 0 Å². The smallest absolute Gasteiger partial charge is 0.0543 e. The van der Waals surface area contributed by atoms with E-state index in [1.165, 1.54) is 127 Å². The van der Waals surface area contributed by atoms with Gasteiger partial charge in [0.25, 0.3) is 0 Å². The van der Waals surface area contributed by atoms with E-state index >= 15 is 0 Å². The van der Waals surface area contributed by atoms with E-state index in [-0.39, 0.29) is 21.7 Å². The molecule has 82 heavy (non-hydrogen) atoms. The number of hydrogen-bond donors (Lipinski definition) is 0. The molecular formula is C80H74N2. The van der Waals surface area contributed by atoms with Gasteiger partial charge in [-0.2, -0.15) is 0 Å². The molecule has 12 aromatic carbocycles. The van der Waals surface area contributed by atoms with Crippen molar-refractivity contribution in [3.63, 3.8) is 0 Å². The minimum Gasteiger partial charge on any atom is -0.309 e. The van der Waals surface area contributed by atoms with Crippen molar-refractivity contribution in [3.05, 3.63) is 253 Å². The summed E-state index contributed by atoms with van der Waals surface area (Å²) in [7, 11) is 0. The molecule has 2 nitrogen and oxygen atoms in total. The third kappa shape index (κ3) is 9.33. The highest BCUT2D eigenvalue weighted by molar-refractivity contribution is 6.28. The van der Waals surface area contributed by atoms with Crippen LogP contribution in [0.3, 0.4) is 0 Å². The lowest BCUT2D eigenvalue weighted by Crippen LogP contribution is -2.17. The number of benzene rings is 12. The van der Waals surface area contributed by atoms with Gasteiger partial charge in [0.15, 0.2) is 0 Å². The third-order valence-corrected chi connectivity index (χ3v) is 17.4. The second kappa shape index (κ2) is 19.5. The molecule has 2 heteroatoms. The van der Waals surface area contributed by atoms with E-state index in [1.54, 1.807) is 0 Å². The van der Waals surface area contributed by atoms with Crippen LogP contribution in [0, 0.1) is 0 Å². The number of rotatable bonds is 8. The Hall–Kier alpha value is -8.72. The molecule has 0 fully saturated rings. The van der Waals surface area contributed by atoms with E-state index < -0.39 is 0 Å². The number of fused-ring (bicyclic) bond motifs is 3. The zero-order chi connectivity index (χ0) is 57.0. The van der Waals surface area contributed by atoms with Crippen molar-refractivity contribution in [1.82, 2.24) is 4.57 Å². The molecule has 0 saturated carbocycles. The van der Waals surface area contributed by atoms with Crippen molar-refractivity contribution in [2.24, 2.45) is 0 Å². The van der Waals surface area contributed by atoms with Gasteiger partial charge in [-0.1, -0.05) is 259 Å². The fourth-order valence-corrected chi connectivity index (χ4v) is 12.6. The second-order valence-corrected chi connectivity index (χ2v) is 27.1. The minimum atomic E-state index is -0.120. The molecular weight excluding hydrogens is 989 g/mol. The van der Waals surface area contributed by atoms with Crippen molar-refractivity contribution in [2.45, 2.75) is 105 Å². The lowest BCUT2D eigenvalue weighted by molar-refractivity contribution is 0.590. The summed E-state index contributed by atoms with van der Waals surface area (Å²) < 4.78 is 2.54. The van der Waals surface area contributed by atoms with Crippen LogP contribution >= 0.6 is 0 Å². The van der Waals surface area contributed by atoms with Crippen molar-refractivity contribution < 1.29 is 0 Å². The molecule has 0 unspecified atom stereocenters. The summed E-state index contributed by atoms with van der Waals surface area (Å²) in [5, 5.41) is 9.90. The maximum absolute atomic E-state index is 2.58. The summed E-state index contributed by atoms with van der Waals surface area (Å²) >= 11 is 0. The molecule has 0 aliphatic heterocycles. The van der Waals surface area contributed by atoms with Gasteiger partial charge in [-0.05, 0) is 159 Å². The Labute approximate surface area is 485 Å². The highest BCUT2D eigenvalue weighted by atomic mass is 15.1. The van der Waals surface area contributed by atoms with Crippen LogP contribution in [0.5, 0.6) is 0 Å². The molecule has 13 aromatic rings. The zero-order valence-electron chi connectivity index (χ0n) is 49.8. The predicted molar refractivity (Wildman–Crippen MR) is 356 cm³/mol. The predicted octanol–water partition coefficient (Wildman–Crippen LogP) is 23.0. The van der Waals surface area contributed by atoms with Gasteiger partial charge in [0.05, 0.1) is 28.1 Å². The second-order valence-electron chi connectivity index (χ2n) is 27.1. The fraction of sp³-hybridized carbons (Fsp3) is 0.200. The molecule has 0 aliphatic carbocycles. The summed E-state index contributed by atoms with van der Waals surface area (Å²) in [6, 6.07) is 87.8. The van der Waals surface area contributed by atoms with Gasteiger partial charge in [0, 0.05) is 32.8 Å². The van der Waals surface area contributed by atoms with Gasteiger partial charge in [-0.3, -0.25) is 0 Å². The lowest BCUT2D eigenvalue weighted by atomic mass is 9.84. The molecule has 0 aliphatic rings. The Morgan fingerprint density at radius 3 is 1.27 bits per heavy atom. The summed E-state index contributed by atoms with van der Waals surface area (Å²) in [6.07, 6.45) is 0. The van der Waals surface area contributed by atoms with Crippen LogP contribution in [0.2, 0.25) is 0 Å². The van der Waals surface area contributed by atoms with Gasteiger partial charge in [0.1, 0.15) is 0 Å². The topological polar surface area (TPSA) is 8.17 Å². The summed E-state index contributed by atoms with van der Waals surface area (Å²) in [5.74, 6) is 0. The monoisotopic (exact) mass is 1060 g/mol. The van der Waals surface area contributed by atoms with E-state index in [1.807, 2.05) is 0 Å². The maximum atomic E-state index is 2.58. The SMILES string of the molecule is CC(C)(C)c1ccc(-c2ccc3c(c2)c2cc(-c4ccc(C(C)(C)C)cc4)ccc2n3-c2ccc3ccc4c(N(c5cc(-c6ccccc6)cc(C(C)(C)C)c5)c5cc(C(C)(C)C)ccc5-c5ccccc5)ccc5ccc2c3c54)cc1. The fourth-order valence-electron chi connectivity index (χ4n) is 12.6. The van der Waals surface area contributed by atoms with Crippen molar-refractivity contribution in [1.29, 1.82) is 0 Å². The van der Waals surface area contributed by atoms with Gasteiger partial charge in [-0.25, -0.2) is 0 Å². The average molecular weight is 1060 g/mol. The molecule has 0 saturated heterocycles. The summed E-state index contributed by atoms with van der Waals surface area (Å²) in [5.41, 5.74) is 21.8. The van der Waals surface area contributed by atoms with Crippen LogP contribution in [-0.2, 0) is 21.7 Å². The molecule has 0 amide bonds. The largest absolute Gasteiger partial charge is 0.309 e. The first-order chi connectivity index (χ1) is 39.2. The van der Waals surface area contributed by atoms with Crippen molar-refractivity contribution in [2.75, 3.05) is 4.90 Å². The number of hydrogen-bond acceptors (Lipinski definition) is 1. The Kier molecular flexibility index (Phi) is 12.5. The molecule has 1 heterocycles. The highest BCUT2D eigenvalue weighted by Gasteiger charge is 2.28. The number of anilines is 3. The molecule has 0 radical (unpaired) electrons. The molecule has 0 bridgehead atoms. The Bertz CT molecular complexity index is 4430. The van der Waals surface area contributed by atoms with Crippen LogP contribution < -0.4 is 4.90 Å². The van der Waals surface area contributed by atoms with Gasteiger partial charge in [-0.15, -0.1) is 0 Å². The highest BCUT2D eigenvalue weighted by Crippen LogP contribution is 2.50. The van der Waals surface area contributed by atoms with E-state index in [2.05, 4.69) is 323 Å². The standard InChI is InChI=1S/C80H74N2/c1-77(2,3)60-33-23-52(24-34-60)57-31-43-72-68(47-57)69-48-58(53-25-35-61(36-26-53)78(4,5)6)32-44-73(69)82(72)71-42-30-56-27-38-66-70(41-29-55-28-39-67(71)76(56)75(55)66)81(64-46-59(51-19-15-13-16-20-51)45-63(49-64)80(10,11)12)74-50-62(79(7,8)9)37-40-65(74)54-21-17-14-18-22-54/h13-50H,1-12H3. The van der Waals surface area contributed by atoms with E-state index in [9.17, 15) is 0 Å². The molecule has 13 rings (SSSR count). The minimum absolute atomic E-state index is 0.0770. The molecule has 0 N–H and O–H groups in total. The van der Waals surface area contributed by atoms with Crippen LogP contribution in [0.4, 0.5) is 17.1 Å². The summed E-state index contributed by atoms with van der Waals surface area (Å²) in [6.45, 7) is 27.7. The van der Waals surface area contributed by atoms with Crippen LogP contribution in [-0.4, -0.2) is 4.57 Å². The molecule has 404 valence electrons. The van der Waals surface area contributed by atoms with Crippen LogP contribution in [0.1, 0.15) is 105 Å². The van der Waals surface area contributed by atoms with Gasteiger partial charge in [0.2, 0.25) is 0 Å². The average Bonchev–Trinajstić information content (AvgIpc) is 1.91. The van der Waals surface area contributed by atoms with Gasteiger partial charge >= 0.3 is 0 Å². The third-order valence-electron chi connectivity index (χ3n) is 17.4. The van der Waals surface area contributed by atoms with E-state index in [0.29, 0.717) is 0 Å². The van der Waals surface area contributed by atoms with E-state index in [0.717, 1.165) is 17.1 Å². The Morgan fingerprint density at radius 1 is 0.280 bits per heavy atom.